The number of rotatable bonds is 8. The largest absolute Gasteiger partial charge is 0.496 e. The first-order valence-electron chi connectivity index (χ1n) is 10.1. The quantitative estimate of drug-likeness (QED) is 0.670. The summed E-state index contributed by atoms with van der Waals surface area (Å²) in [7, 11) is 1.78. The van der Waals surface area contributed by atoms with Gasteiger partial charge in [-0.25, -0.2) is 0 Å². The topological polar surface area (TPSA) is 30.5 Å². The molecule has 0 spiro atoms. The Labute approximate surface area is 164 Å². The van der Waals surface area contributed by atoms with E-state index >= 15 is 0 Å². The van der Waals surface area contributed by atoms with E-state index in [1.807, 2.05) is 0 Å². The summed E-state index contributed by atoms with van der Waals surface area (Å²) in [6.07, 6.45) is 3.49. The third-order valence-electron chi connectivity index (χ3n) is 5.88. The molecule has 3 heteroatoms. The van der Waals surface area contributed by atoms with E-state index in [4.69, 9.17) is 9.47 Å². The van der Waals surface area contributed by atoms with Crippen LogP contribution in [-0.4, -0.2) is 26.4 Å². The molecule has 0 amide bonds. The first-order valence-corrected chi connectivity index (χ1v) is 10.1. The van der Waals surface area contributed by atoms with Crippen LogP contribution in [0.2, 0.25) is 0 Å². The highest BCUT2D eigenvalue weighted by atomic mass is 16.5. The normalized spacial score (nSPS) is 22.7. The molecule has 1 N–H and O–H groups in total. The third kappa shape index (κ3) is 4.91. The Balaban J connectivity index is 1.75. The van der Waals surface area contributed by atoms with Crippen LogP contribution in [0.25, 0.3) is 0 Å². The van der Waals surface area contributed by atoms with Gasteiger partial charge in [0.05, 0.1) is 13.2 Å². The predicted octanol–water partition coefficient (Wildman–Crippen LogP) is 4.95. The fourth-order valence-electron chi connectivity index (χ4n) is 4.23. The number of hydrogen-bond donors (Lipinski definition) is 1. The van der Waals surface area contributed by atoms with E-state index < -0.39 is 0 Å². The Kier molecular flexibility index (Phi) is 6.92. The second-order valence-corrected chi connectivity index (χ2v) is 8.00. The summed E-state index contributed by atoms with van der Waals surface area (Å²) < 4.78 is 11.8. The number of ether oxygens (including phenoxy) is 2. The van der Waals surface area contributed by atoms with Gasteiger partial charge in [0.15, 0.2) is 0 Å². The van der Waals surface area contributed by atoms with Gasteiger partial charge in [-0.05, 0) is 43.4 Å². The van der Waals surface area contributed by atoms with Crippen LogP contribution in [0.5, 0.6) is 5.75 Å². The van der Waals surface area contributed by atoms with Crippen molar-refractivity contribution in [2.24, 2.45) is 5.92 Å². The molecule has 2 aromatic rings. The fourth-order valence-corrected chi connectivity index (χ4v) is 4.23. The zero-order chi connectivity index (χ0) is 19.1. The Morgan fingerprint density at radius 2 is 1.85 bits per heavy atom. The highest BCUT2D eigenvalue weighted by molar-refractivity contribution is 5.40. The van der Waals surface area contributed by atoms with Crippen LogP contribution in [0.1, 0.15) is 44.2 Å². The zero-order valence-corrected chi connectivity index (χ0v) is 16.9. The molecule has 0 aromatic heterocycles. The minimum absolute atomic E-state index is 0.101. The molecule has 0 aliphatic carbocycles. The lowest BCUT2D eigenvalue weighted by Crippen LogP contribution is -2.42. The molecule has 1 heterocycles. The highest BCUT2D eigenvalue weighted by Gasteiger charge is 2.40. The molecule has 1 aliphatic heterocycles. The van der Waals surface area contributed by atoms with Crippen molar-refractivity contribution < 1.29 is 9.47 Å². The van der Waals surface area contributed by atoms with Crippen molar-refractivity contribution in [3.63, 3.8) is 0 Å². The van der Waals surface area contributed by atoms with Crippen molar-refractivity contribution in [1.29, 1.82) is 0 Å². The highest BCUT2D eigenvalue weighted by Crippen LogP contribution is 2.45. The van der Waals surface area contributed by atoms with E-state index in [-0.39, 0.29) is 5.41 Å². The first kappa shape index (κ1) is 19.9. The van der Waals surface area contributed by atoms with Crippen LogP contribution in [0.15, 0.2) is 54.6 Å². The molecular weight excluding hydrogens is 334 g/mol. The van der Waals surface area contributed by atoms with Gasteiger partial charge in [0, 0.05) is 24.1 Å². The Hall–Kier alpha value is -1.84. The number of methoxy groups -OCH3 is 1. The Bertz CT molecular complexity index is 701. The van der Waals surface area contributed by atoms with E-state index in [9.17, 15) is 0 Å². The molecule has 2 atom stereocenters. The SMILES string of the molecule is COc1ccccc1[C@@]1(CCNCc2ccccc2)CCO[C@H](C(C)C)C1. The van der Waals surface area contributed by atoms with Crippen LogP contribution in [-0.2, 0) is 16.7 Å². The lowest BCUT2D eigenvalue weighted by atomic mass is 9.68. The molecule has 0 unspecified atom stereocenters. The molecular formula is C24H33NO2. The monoisotopic (exact) mass is 367 g/mol. The molecule has 0 saturated carbocycles. The molecule has 27 heavy (non-hydrogen) atoms. The molecule has 146 valence electrons. The van der Waals surface area contributed by atoms with E-state index in [1.54, 1.807) is 7.11 Å². The lowest BCUT2D eigenvalue weighted by Gasteiger charge is -2.43. The molecule has 1 fully saturated rings. The van der Waals surface area contributed by atoms with Crippen LogP contribution < -0.4 is 10.1 Å². The van der Waals surface area contributed by atoms with Gasteiger partial charge in [0.25, 0.3) is 0 Å². The molecule has 3 nitrogen and oxygen atoms in total. The van der Waals surface area contributed by atoms with Crippen molar-refractivity contribution in [3.8, 4) is 5.75 Å². The van der Waals surface area contributed by atoms with E-state index in [1.165, 1.54) is 11.1 Å². The second-order valence-electron chi connectivity index (χ2n) is 8.00. The molecule has 3 rings (SSSR count). The Morgan fingerprint density at radius 1 is 1.11 bits per heavy atom. The van der Waals surface area contributed by atoms with Gasteiger partial charge in [0.1, 0.15) is 5.75 Å². The maximum Gasteiger partial charge on any atom is 0.122 e. The van der Waals surface area contributed by atoms with Gasteiger partial charge in [-0.3, -0.25) is 0 Å². The van der Waals surface area contributed by atoms with E-state index in [2.05, 4.69) is 73.8 Å². The number of hydrogen-bond acceptors (Lipinski definition) is 3. The molecule has 1 aliphatic rings. The summed E-state index contributed by atoms with van der Waals surface area (Å²) in [6.45, 7) is 7.23. The maximum absolute atomic E-state index is 6.10. The summed E-state index contributed by atoms with van der Waals surface area (Å²) >= 11 is 0. The van der Waals surface area contributed by atoms with Crippen LogP contribution in [0.3, 0.4) is 0 Å². The van der Waals surface area contributed by atoms with Crippen LogP contribution in [0, 0.1) is 5.92 Å². The number of nitrogens with one attached hydrogen (secondary N) is 1. The van der Waals surface area contributed by atoms with Gasteiger partial charge < -0.3 is 14.8 Å². The van der Waals surface area contributed by atoms with Crippen molar-refractivity contribution in [3.05, 3.63) is 65.7 Å². The van der Waals surface area contributed by atoms with Crippen molar-refractivity contribution in [2.75, 3.05) is 20.3 Å². The predicted molar refractivity (Wildman–Crippen MR) is 111 cm³/mol. The lowest BCUT2D eigenvalue weighted by molar-refractivity contribution is -0.0473. The summed E-state index contributed by atoms with van der Waals surface area (Å²) in [5.41, 5.74) is 2.77. The number of para-hydroxylation sites is 1. The van der Waals surface area contributed by atoms with Gasteiger partial charge in [0.2, 0.25) is 0 Å². The maximum atomic E-state index is 6.10. The minimum Gasteiger partial charge on any atom is -0.496 e. The minimum atomic E-state index is 0.101. The summed E-state index contributed by atoms with van der Waals surface area (Å²) in [6, 6.07) is 19.1. The van der Waals surface area contributed by atoms with Crippen molar-refractivity contribution in [2.45, 2.75) is 51.2 Å². The van der Waals surface area contributed by atoms with Crippen LogP contribution in [0.4, 0.5) is 0 Å². The van der Waals surface area contributed by atoms with Gasteiger partial charge in [-0.15, -0.1) is 0 Å². The molecule has 2 aromatic carbocycles. The van der Waals surface area contributed by atoms with E-state index in [0.29, 0.717) is 12.0 Å². The number of benzene rings is 2. The van der Waals surface area contributed by atoms with Gasteiger partial charge in [-0.1, -0.05) is 62.4 Å². The smallest absolute Gasteiger partial charge is 0.122 e. The zero-order valence-electron chi connectivity index (χ0n) is 16.9. The third-order valence-corrected chi connectivity index (χ3v) is 5.88. The summed E-state index contributed by atoms with van der Waals surface area (Å²) in [5.74, 6) is 1.53. The Morgan fingerprint density at radius 3 is 2.59 bits per heavy atom. The molecule has 0 bridgehead atoms. The molecule has 1 saturated heterocycles. The van der Waals surface area contributed by atoms with Gasteiger partial charge >= 0.3 is 0 Å². The van der Waals surface area contributed by atoms with Crippen molar-refractivity contribution >= 4 is 0 Å². The average Bonchev–Trinajstić information content (AvgIpc) is 2.72. The van der Waals surface area contributed by atoms with Crippen LogP contribution >= 0.6 is 0 Å². The first-order chi connectivity index (χ1) is 13.1. The summed E-state index contributed by atoms with van der Waals surface area (Å²) in [5, 5.41) is 3.64. The second kappa shape index (κ2) is 9.38. The fraction of sp³-hybridized carbons (Fsp3) is 0.500. The average molecular weight is 368 g/mol. The standard InChI is InChI=1S/C24H33NO2/c1-19(2)23-17-24(14-16-27-23,21-11-7-8-12-22(21)26-3)13-15-25-18-20-9-5-4-6-10-20/h4-12,19,23,25H,13-18H2,1-3H3/t23-,24-/m0/s1. The molecule has 0 radical (unpaired) electrons. The summed E-state index contributed by atoms with van der Waals surface area (Å²) in [4.78, 5) is 0. The van der Waals surface area contributed by atoms with Crippen molar-refractivity contribution in [1.82, 2.24) is 5.32 Å². The van der Waals surface area contributed by atoms with Gasteiger partial charge in [-0.2, -0.15) is 0 Å². The van der Waals surface area contributed by atoms with E-state index in [0.717, 1.165) is 44.7 Å².